The van der Waals surface area contributed by atoms with Crippen molar-refractivity contribution in [1.29, 1.82) is 0 Å². The van der Waals surface area contributed by atoms with Crippen molar-refractivity contribution in [3.63, 3.8) is 0 Å². The molecule has 6 nitrogen and oxygen atoms in total. The molecule has 3 saturated heterocycles. The topological polar surface area (TPSA) is 61.9 Å². The zero-order valence-electron chi connectivity index (χ0n) is 19.7. The van der Waals surface area contributed by atoms with E-state index in [1.807, 2.05) is 43.0 Å². The number of piperidine rings is 2. The predicted molar refractivity (Wildman–Crippen MR) is 135 cm³/mol. The van der Waals surface area contributed by atoms with Gasteiger partial charge in [0.1, 0.15) is 5.54 Å². The van der Waals surface area contributed by atoms with Crippen LogP contribution in [0.3, 0.4) is 0 Å². The van der Waals surface area contributed by atoms with Crippen molar-refractivity contribution in [3.05, 3.63) is 29.3 Å². The van der Waals surface area contributed by atoms with Crippen molar-refractivity contribution >= 4 is 41.7 Å². The highest BCUT2D eigenvalue weighted by Gasteiger charge is 2.48. The highest BCUT2D eigenvalue weighted by Crippen LogP contribution is 2.43. The van der Waals surface area contributed by atoms with Gasteiger partial charge in [-0.1, -0.05) is 11.6 Å². The first-order valence-corrected chi connectivity index (χ1v) is 13.1. The Balaban J connectivity index is 1.45. The normalized spacial score (nSPS) is 29.7. The average molecular weight is 494 g/mol. The second-order valence-corrected chi connectivity index (χ2v) is 11.0. The number of likely N-dealkylation sites (tertiary alicyclic amines) is 2. The largest absolute Gasteiger partial charge is 0.375 e. The Morgan fingerprint density at radius 1 is 1.00 bits per heavy atom. The summed E-state index contributed by atoms with van der Waals surface area (Å²) in [5, 5.41) is 4.27. The van der Waals surface area contributed by atoms with Crippen LogP contribution in [0.15, 0.2) is 24.3 Å². The third-order valence-electron chi connectivity index (χ3n) is 7.80. The standard InChI is InChI=1S/C25H36ClN3O3S/c1-18-15-25(16-19(2)32-18,27-21-5-3-20(26)4-6-21)23(31)29-13-9-24(10-14-29)7-11-28(12-8-24)22(30)17-33/h3-6,18-19,27,33H,7-17H2,1-2H3/t18-,19+,25?. The monoisotopic (exact) mass is 493 g/mol. The van der Waals surface area contributed by atoms with Crippen LogP contribution in [0.2, 0.25) is 5.02 Å². The van der Waals surface area contributed by atoms with E-state index in [0.717, 1.165) is 57.5 Å². The van der Waals surface area contributed by atoms with Crippen LogP contribution in [0.5, 0.6) is 0 Å². The SMILES string of the molecule is C[C@@H]1CC(Nc2ccc(Cl)cc2)(C(=O)N2CCC3(CCN(C(=O)CS)CC3)CC2)C[C@H](C)O1. The molecule has 3 atom stereocenters. The quantitative estimate of drug-likeness (QED) is 0.616. The number of carbonyl (C=O) groups is 2. The van der Waals surface area contributed by atoms with Gasteiger partial charge in [0.05, 0.1) is 18.0 Å². The van der Waals surface area contributed by atoms with E-state index in [-0.39, 0.29) is 35.2 Å². The molecule has 182 valence electrons. The first kappa shape index (κ1) is 24.7. The summed E-state index contributed by atoms with van der Waals surface area (Å²) in [5.74, 6) is 0.578. The Kier molecular flexibility index (Phi) is 7.51. The van der Waals surface area contributed by atoms with Crippen LogP contribution < -0.4 is 5.32 Å². The first-order chi connectivity index (χ1) is 15.7. The molecule has 3 fully saturated rings. The number of ether oxygens (including phenoxy) is 1. The van der Waals surface area contributed by atoms with Gasteiger partial charge in [0.15, 0.2) is 0 Å². The van der Waals surface area contributed by atoms with Crippen molar-refractivity contribution in [1.82, 2.24) is 9.80 Å². The van der Waals surface area contributed by atoms with Gasteiger partial charge in [-0.25, -0.2) is 0 Å². The minimum absolute atomic E-state index is 0.00216. The number of thiol groups is 1. The Bertz CT molecular complexity index is 837. The van der Waals surface area contributed by atoms with Crippen LogP contribution in [0.25, 0.3) is 0 Å². The van der Waals surface area contributed by atoms with Crippen molar-refractivity contribution < 1.29 is 14.3 Å². The van der Waals surface area contributed by atoms with Gasteiger partial charge in [0, 0.05) is 49.7 Å². The number of amides is 2. The van der Waals surface area contributed by atoms with E-state index >= 15 is 0 Å². The fraction of sp³-hybridized carbons (Fsp3) is 0.680. The van der Waals surface area contributed by atoms with Gasteiger partial charge in [0.2, 0.25) is 11.8 Å². The summed E-state index contributed by atoms with van der Waals surface area (Å²) < 4.78 is 5.99. The molecule has 8 heteroatoms. The lowest BCUT2D eigenvalue weighted by Crippen LogP contribution is -2.61. The van der Waals surface area contributed by atoms with Crippen LogP contribution >= 0.6 is 24.2 Å². The van der Waals surface area contributed by atoms with E-state index in [2.05, 4.69) is 22.8 Å². The molecule has 0 aliphatic carbocycles. The summed E-state index contributed by atoms with van der Waals surface area (Å²) in [6.45, 7) is 7.25. The fourth-order valence-corrected chi connectivity index (χ4v) is 6.34. The third kappa shape index (κ3) is 5.46. The zero-order valence-corrected chi connectivity index (χ0v) is 21.3. The van der Waals surface area contributed by atoms with Gasteiger partial charge >= 0.3 is 0 Å². The number of nitrogens with zero attached hydrogens (tertiary/aromatic N) is 2. The minimum atomic E-state index is -0.683. The smallest absolute Gasteiger partial charge is 0.248 e. The highest BCUT2D eigenvalue weighted by atomic mass is 35.5. The molecule has 33 heavy (non-hydrogen) atoms. The van der Waals surface area contributed by atoms with Gasteiger partial charge in [-0.15, -0.1) is 0 Å². The molecule has 0 aromatic heterocycles. The van der Waals surface area contributed by atoms with Gasteiger partial charge in [0.25, 0.3) is 0 Å². The molecule has 1 aromatic rings. The zero-order chi connectivity index (χ0) is 23.6. The maximum atomic E-state index is 14.0. The number of halogens is 1. The van der Waals surface area contributed by atoms with E-state index in [1.54, 1.807) is 0 Å². The molecule has 1 unspecified atom stereocenters. The summed E-state index contributed by atoms with van der Waals surface area (Å²) in [6, 6.07) is 7.58. The number of anilines is 1. The van der Waals surface area contributed by atoms with Crippen LogP contribution in [-0.4, -0.2) is 71.3 Å². The highest BCUT2D eigenvalue weighted by molar-refractivity contribution is 7.81. The Morgan fingerprint density at radius 3 is 2.03 bits per heavy atom. The molecule has 1 aromatic carbocycles. The van der Waals surface area contributed by atoms with Gasteiger partial charge in [-0.05, 0) is 69.2 Å². The van der Waals surface area contributed by atoms with Crippen molar-refractivity contribution in [2.75, 3.05) is 37.2 Å². The lowest BCUT2D eigenvalue weighted by atomic mass is 9.70. The molecular weight excluding hydrogens is 458 g/mol. The van der Waals surface area contributed by atoms with Crippen molar-refractivity contribution in [3.8, 4) is 0 Å². The van der Waals surface area contributed by atoms with E-state index in [4.69, 9.17) is 16.3 Å². The average Bonchev–Trinajstić information content (AvgIpc) is 2.80. The molecule has 0 saturated carbocycles. The molecule has 4 rings (SSSR count). The number of hydrogen-bond donors (Lipinski definition) is 2. The Morgan fingerprint density at radius 2 is 1.52 bits per heavy atom. The predicted octanol–water partition coefficient (Wildman–Crippen LogP) is 4.24. The second kappa shape index (κ2) is 10.0. The van der Waals surface area contributed by atoms with E-state index in [9.17, 15) is 9.59 Å². The minimum Gasteiger partial charge on any atom is -0.375 e. The number of nitrogens with one attached hydrogen (secondary N) is 1. The second-order valence-electron chi connectivity index (χ2n) is 10.2. The van der Waals surface area contributed by atoms with Crippen molar-refractivity contribution in [2.24, 2.45) is 5.41 Å². The molecule has 3 heterocycles. The van der Waals surface area contributed by atoms with Crippen LogP contribution in [0, 0.1) is 5.41 Å². The summed E-state index contributed by atoms with van der Waals surface area (Å²) in [6.07, 6.45) is 5.32. The molecule has 2 amide bonds. The Hall–Kier alpha value is -1.44. The van der Waals surface area contributed by atoms with Gasteiger partial charge in [-0.3, -0.25) is 9.59 Å². The number of rotatable bonds is 4. The van der Waals surface area contributed by atoms with Crippen LogP contribution in [0.1, 0.15) is 52.4 Å². The summed E-state index contributed by atoms with van der Waals surface area (Å²) >= 11 is 10.2. The maximum absolute atomic E-state index is 14.0. The summed E-state index contributed by atoms with van der Waals surface area (Å²) in [5.41, 5.74) is 0.471. The molecule has 3 aliphatic heterocycles. The third-order valence-corrected chi connectivity index (χ3v) is 8.32. The maximum Gasteiger partial charge on any atom is 0.248 e. The summed E-state index contributed by atoms with van der Waals surface area (Å²) in [4.78, 5) is 30.0. The molecule has 0 radical (unpaired) electrons. The van der Waals surface area contributed by atoms with Gasteiger partial charge < -0.3 is 19.9 Å². The molecule has 0 bridgehead atoms. The Labute approximate surface area is 207 Å². The summed E-state index contributed by atoms with van der Waals surface area (Å²) in [7, 11) is 0. The first-order valence-electron chi connectivity index (χ1n) is 12.1. The van der Waals surface area contributed by atoms with Crippen LogP contribution in [0.4, 0.5) is 5.69 Å². The van der Waals surface area contributed by atoms with Crippen LogP contribution in [-0.2, 0) is 14.3 Å². The molecular formula is C25H36ClN3O3S. The van der Waals surface area contributed by atoms with E-state index < -0.39 is 5.54 Å². The fourth-order valence-electron chi connectivity index (χ4n) is 6.01. The lowest BCUT2D eigenvalue weighted by Gasteiger charge is -2.50. The van der Waals surface area contributed by atoms with E-state index in [1.165, 1.54) is 0 Å². The van der Waals surface area contributed by atoms with E-state index in [0.29, 0.717) is 17.9 Å². The number of benzene rings is 1. The molecule has 1 spiro atoms. The number of carbonyl (C=O) groups excluding carboxylic acids is 2. The molecule has 3 aliphatic rings. The number of hydrogen-bond acceptors (Lipinski definition) is 5. The lowest BCUT2D eigenvalue weighted by molar-refractivity contribution is -0.147. The van der Waals surface area contributed by atoms with Crippen molar-refractivity contribution in [2.45, 2.75) is 70.1 Å². The molecule has 1 N–H and O–H groups in total. The van der Waals surface area contributed by atoms with Gasteiger partial charge in [-0.2, -0.15) is 12.6 Å².